The highest BCUT2D eigenvalue weighted by atomic mass is 127. The number of hydrogen-bond acceptors (Lipinski definition) is 2. The minimum absolute atomic E-state index is 0.0712. The molecule has 0 aromatic rings. The van der Waals surface area contributed by atoms with Crippen LogP contribution in [0.1, 0.15) is 20.8 Å². The van der Waals surface area contributed by atoms with Crippen molar-refractivity contribution < 1.29 is 9.53 Å². The first kappa shape index (κ1) is 8.53. The van der Waals surface area contributed by atoms with Crippen LogP contribution in [0.15, 0.2) is 11.8 Å². The molecule has 0 saturated heterocycles. The standard InChI is InChI=1S/C9H11IO2/c1-5-4-6-8(2,3)9(6,10)7(11)12-5/h4,6H,1-3H3/t6?,9-/m0/s1. The molecule has 66 valence electrons. The van der Waals surface area contributed by atoms with Crippen molar-refractivity contribution >= 4 is 28.6 Å². The fraction of sp³-hybridized carbons (Fsp3) is 0.667. The smallest absolute Gasteiger partial charge is 0.328 e. The van der Waals surface area contributed by atoms with E-state index in [-0.39, 0.29) is 14.8 Å². The maximum absolute atomic E-state index is 11.5. The first-order valence-corrected chi connectivity index (χ1v) is 5.08. The first-order valence-electron chi connectivity index (χ1n) is 4.00. The average molecular weight is 278 g/mol. The van der Waals surface area contributed by atoms with E-state index in [0.29, 0.717) is 5.92 Å². The molecule has 1 aliphatic carbocycles. The third-order valence-corrected chi connectivity index (χ3v) is 5.51. The predicted octanol–water partition coefficient (Wildman–Crippen LogP) is 2.28. The zero-order chi connectivity index (χ0) is 9.15. The Morgan fingerprint density at radius 3 is 2.67 bits per heavy atom. The largest absolute Gasteiger partial charge is 0.431 e. The van der Waals surface area contributed by atoms with Gasteiger partial charge in [0.25, 0.3) is 0 Å². The molecule has 2 aliphatic rings. The molecule has 1 fully saturated rings. The van der Waals surface area contributed by atoms with Crippen molar-refractivity contribution in [2.75, 3.05) is 0 Å². The number of rotatable bonds is 0. The van der Waals surface area contributed by atoms with Gasteiger partial charge < -0.3 is 4.74 Å². The van der Waals surface area contributed by atoms with Crippen molar-refractivity contribution in [2.45, 2.75) is 24.2 Å². The van der Waals surface area contributed by atoms with Gasteiger partial charge in [-0.25, -0.2) is 0 Å². The SMILES string of the molecule is CC1=CC2C(C)(C)[C@@]2(I)C(=O)O1. The molecule has 2 nitrogen and oxygen atoms in total. The molecule has 1 heterocycles. The molecule has 2 atom stereocenters. The number of esters is 1. The lowest BCUT2D eigenvalue weighted by Gasteiger charge is -2.14. The summed E-state index contributed by atoms with van der Waals surface area (Å²) in [5.74, 6) is 1.05. The van der Waals surface area contributed by atoms with Crippen molar-refractivity contribution in [1.29, 1.82) is 0 Å². The highest BCUT2D eigenvalue weighted by Crippen LogP contribution is 2.70. The number of cyclic esters (lactones) is 1. The number of carbonyl (C=O) groups is 1. The van der Waals surface area contributed by atoms with Gasteiger partial charge in [0.2, 0.25) is 0 Å². The van der Waals surface area contributed by atoms with Crippen LogP contribution in [0, 0.1) is 11.3 Å². The minimum Gasteiger partial charge on any atom is -0.431 e. The summed E-state index contributed by atoms with van der Waals surface area (Å²) in [6.45, 7) is 6.06. The van der Waals surface area contributed by atoms with E-state index >= 15 is 0 Å². The van der Waals surface area contributed by atoms with Gasteiger partial charge in [-0.3, -0.25) is 4.79 Å². The maximum Gasteiger partial charge on any atom is 0.328 e. The van der Waals surface area contributed by atoms with E-state index in [4.69, 9.17) is 4.74 Å². The summed E-state index contributed by atoms with van der Waals surface area (Å²) in [4.78, 5) is 11.5. The van der Waals surface area contributed by atoms with Gasteiger partial charge >= 0.3 is 5.97 Å². The van der Waals surface area contributed by atoms with Crippen LogP contribution in [0.5, 0.6) is 0 Å². The molecule has 2 rings (SSSR count). The second kappa shape index (κ2) is 2.05. The monoisotopic (exact) mass is 278 g/mol. The van der Waals surface area contributed by atoms with Crippen molar-refractivity contribution in [1.82, 2.24) is 0 Å². The number of carbonyl (C=O) groups excluding carboxylic acids is 1. The molecular formula is C9H11IO2. The molecule has 1 unspecified atom stereocenters. The van der Waals surface area contributed by atoms with E-state index in [0.717, 1.165) is 5.76 Å². The van der Waals surface area contributed by atoms with Crippen LogP contribution in [0.25, 0.3) is 0 Å². The number of fused-ring (bicyclic) bond motifs is 1. The van der Waals surface area contributed by atoms with Gasteiger partial charge in [-0.1, -0.05) is 36.4 Å². The molecule has 0 N–H and O–H groups in total. The lowest BCUT2D eigenvalue weighted by atomic mass is 10.1. The topological polar surface area (TPSA) is 26.3 Å². The predicted molar refractivity (Wildman–Crippen MR) is 53.9 cm³/mol. The molecule has 0 aromatic heterocycles. The average Bonchev–Trinajstić information content (AvgIpc) is 2.35. The van der Waals surface area contributed by atoms with Crippen LogP contribution in [-0.2, 0) is 9.53 Å². The van der Waals surface area contributed by atoms with Gasteiger partial charge in [-0.05, 0) is 18.4 Å². The van der Waals surface area contributed by atoms with Crippen molar-refractivity contribution in [2.24, 2.45) is 11.3 Å². The van der Waals surface area contributed by atoms with Gasteiger partial charge in [0, 0.05) is 5.92 Å². The summed E-state index contributed by atoms with van der Waals surface area (Å²) in [7, 11) is 0. The Kier molecular flexibility index (Phi) is 1.46. The molecule has 0 amide bonds. The van der Waals surface area contributed by atoms with Crippen LogP contribution < -0.4 is 0 Å². The molecule has 0 aromatic carbocycles. The van der Waals surface area contributed by atoms with E-state index in [1.165, 1.54) is 0 Å². The third-order valence-electron chi connectivity index (χ3n) is 3.01. The Morgan fingerprint density at radius 1 is 1.58 bits per heavy atom. The Balaban J connectivity index is 2.44. The first-order chi connectivity index (χ1) is 5.40. The molecule has 12 heavy (non-hydrogen) atoms. The summed E-state index contributed by atoms with van der Waals surface area (Å²) >= 11 is 2.22. The van der Waals surface area contributed by atoms with E-state index < -0.39 is 0 Å². The van der Waals surface area contributed by atoms with E-state index in [1.54, 1.807) is 0 Å². The van der Waals surface area contributed by atoms with Crippen molar-refractivity contribution in [3.63, 3.8) is 0 Å². The van der Waals surface area contributed by atoms with Crippen LogP contribution in [0.4, 0.5) is 0 Å². The highest BCUT2D eigenvalue weighted by Gasteiger charge is 2.75. The van der Waals surface area contributed by atoms with Gasteiger partial charge in [0.15, 0.2) is 0 Å². The van der Waals surface area contributed by atoms with E-state index in [2.05, 4.69) is 42.5 Å². The second-order valence-corrected chi connectivity index (χ2v) is 5.78. The molecule has 0 radical (unpaired) electrons. The number of alkyl halides is 1. The second-order valence-electron chi connectivity index (χ2n) is 4.08. The zero-order valence-electron chi connectivity index (χ0n) is 7.35. The lowest BCUT2D eigenvalue weighted by Crippen LogP contribution is -2.25. The summed E-state index contributed by atoms with van der Waals surface area (Å²) in [6.07, 6.45) is 2.06. The van der Waals surface area contributed by atoms with Crippen molar-refractivity contribution in [3.05, 3.63) is 11.8 Å². The third kappa shape index (κ3) is 0.732. The van der Waals surface area contributed by atoms with E-state index in [1.807, 2.05) is 6.92 Å². The fourth-order valence-electron chi connectivity index (χ4n) is 1.95. The van der Waals surface area contributed by atoms with Crippen LogP contribution in [0.3, 0.4) is 0 Å². The maximum atomic E-state index is 11.5. The number of ether oxygens (including phenoxy) is 1. The number of halogens is 1. The Hall–Kier alpha value is -0.0600. The van der Waals surface area contributed by atoms with Crippen LogP contribution in [-0.4, -0.2) is 9.39 Å². The normalized spacial score (nSPS) is 42.8. The molecule has 0 bridgehead atoms. The fourth-order valence-corrected chi connectivity index (χ4v) is 3.20. The summed E-state index contributed by atoms with van der Waals surface area (Å²) in [5, 5.41) is 0. The minimum atomic E-state index is -0.287. The summed E-state index contributed by atoms with van der Waals surface area (Å²) in [5.41, 5.74) is 0.0718. The van der Waals surface area contributed by atoms with Crippen molar-refractivity contribution in [3.8, 4) is 0 Å². The Bertz CT molecular complexity index is 293. The van der Waals surface area contributed by atoms with Gasteiger partial charge in [0.05, 0.1) is 0 Å². The Labute approximate surface area is 85.5 Å². The van der Waals surface area contributed by atoms with Gasteiger partial charge in [-0.2, -0.15) is 0 Å². The molecule has 1 aliphatic heterocycles. The highest BCUT2D eigenvalue weighted by molar-refractivity contribution is 14.1. The molecule has 1 saturated carbocycles. The molecular weight excluding hydrogens is 267 g/mol. The Morgan fingerprint density at radius 2 is 2.17 bits per heavy atom. The zero-order valence-corrected chi connectivity index (χ0v) is 9.51. The quantitative estimate of drug-likeness (QED) is 0.386. The summed E-state index contributed by atoms with van der Waals surface area (Å²) < 4.78 is 4.81. The summed E-state index contributed by atoms with van der Waals surface area (Å²) in [6, 6.07) is 0. The van der Waals surface area contributed by atoms with Gasteiger partial charge in [0.1, 0.15) is 9.18 Å². The lowest BCUT2D eigenvalue weighted by molar-refractivity contribution is -0.140. The van der Waals surface area contributed by atoms with Gasteiger partial charge in [-0.15, -0.1) is 0 Å². The molecule has 0 spiro atoms. The van der Waals surface area contributed by atoms with E-state index in [9.17, 15) is 4.79 Å². The van der Waals surface area contributed by atoms with Crippen LogP contribution in [0.2, 0.25) is 0 Å². The number of allylic oxidation sites excluding steroid dienone is 2. The molecule has 3 heteroatoms. The van der Waals surface area contributed by atoms with Crippen LogP contribution >= 0.6 is 22.6 Å². The number of hydrogen-bond donors (Lipinski definition) is 0.